The van der Waals surface area contributed by atoms with Crippen LogP contribution in [0.1, 0.15) is 25.7 Å². The van der Waals surface area contributed by atoms with Crippen LogP contribution in [-0.4, -0.2) is 14.5 Å². The number of nitrogen functional groups attached to an aromatic ring is 1. The number of anilines is 1. The Labute approximate surface area is 82.8 Å². The SMILES string of the molecule is Cc1nc2c(N)nccc2n1C(C)C. The van der Waals surface area contributed by atoms with Gasteiger partial charge in [0.15, 0.2) is 5.82 Å². The molecule has 2 N–H and O–H groups in total. The van der Waals surface area contributed by atoms with Crippen molar-refractivity contribution in [1.29, 1.82) is 0 Å². The quantitative estimate of drug-likeness (QED) is 0.747. The highest BCUT2D eigenvalue weighted by Crippen LogP contribution is 2.22. The first-order valence-electron chi connectivity index (χ1n) is 4.70. The van der Waals surface area contributed by atoms with Gasteiger partial charge in [0.1, 0.15) is 11.3 Å². The Morgan fingerprint density at radius 3 is 2.79 bits per heavy atom. The largest absolute Gasteiger partial charge is 0.382 e. The zero-order chi connectivity index (χ0) is 10.3. The van der Waals surface area contributed by atoms with Crippen LogP contribution in [0.15, 0.2) is 12.3 Å². The van der Waals surface area contributed by atoms with Crippen molar-refractivity contribution in [3.05, 3.63) is 18.1 Å². The van der Waals surface area contributed by atoms with Gasteiger partial charge in [-0.05, 0) is 26.8 Å². The van der Waals surface area contributed by atoms with Crippen LogP contribution in [0.5, 0.6) is 0 Å². The number of nitrogens with zero attached hydrogens (tertiary/aromatic N) is 3. The van der Waals surface area contributed by atoms with Crippen LogP contribution in [0.2, 0.25) is 0 Å². The molecule has 0 radical (unpaired) electrons. The molecule has 0 aliphatic heterocycles. The molecule has 2 rings (SSSR count). The predicted molar refractivity (Wildman–Crippen MR) is 57.1 cm³/mol. The van der Waals surface area contributed by atoms with Crippen molar-refractivity contribution in [1.82, 2.24) is 14.5 Å². The van der Waals surface area contributed by atoms with Crippen LogP contribution >= 0.6 is 0 Å². The normalized spacial score (nSPS) is 11.4. The Hall–Kier alpha value is -1.58. The highest BCUT2D eigenvalue weighted by Gasteiger charge is 2.11. The molecule has 0 bridgehead atoms. The molecule has 0 aliphatic carbocycles. The fourth-order valence-corrected chi connectivity index (χ4v) is 1.81. The van der Waals surface area contributed by atoms with E-state index in [1.807, 2.05) is 13.0 Å². The topological polar surface area (TPSA) is 56.7 Å². The van der Waals surface area contributed by atoms with Gasteiger partial charge in [0.05, 0.1) is 5.52 Å². The average Bonchev–Trinajstić information content (AvgIpc) is 2.42. The second-order valence-corrected chi connectivity index (χ2v) is 3.69. The van der Waals surface area contributed by atoms with E-state index in [-0.39, 0.29) is 0 Å². The van der Waals surface area contributed by atoms with Crippen molar-refractivity contribution >= 4 is 16.9 Å². The summed E-state index contributed by atoms with van der Waals surface area (Å²) in [6.45, 7) is 6.24. The third-order valence-electron chi connectivity index (χ3n) is 2.33. The first-order valence-corrected chi connectivity index (χ1v) is 4.70. The minimum Gasteiger partial charge on any atom is -0.382 e. The highest BCUT2D eigenvalue weighted by atomic mass is 15.1. The molecule has 74 valence electrons. The fraction of sp³-hybridized carbons (Fsp3) is 0.400. The summed E-state index contributed by atoms with van der Waals surface area (Å²) in [7, 11) is 0. The van der Waals surface area contributed by atoms with Gasteiger partial charge in [-0.2, -0.15) is 0 Å². The van der Waals surface area contributed by atoms with Crippen LogP contribution in [0.25, 0.3) is 11.0 Å². The van der Waals surface area contributed by atoms with E-state index in [9.17, 15) is 0 Å². The molecule has 2 aromatic heterocycles. The molecule has 2 aromatic rings. The number of rotatable bonds is 1. The summed E-state index contributed by atoms with van der Waals surface area (Å²) in [4.78, 5) is 8.43. The maximum atomic E-state index is 5.75. The van der Waals surface area contributed by atoms with Crippen molar-refractivity contribution in [2.45, 2.75) is 26.8 Å². The first kappa shape index (κ1) is 8.99. The molecule has 0 saturated carbocycles. The standard InChI is InChI=1S/C10H14N4/c1-6(2)14-7(3)13-9-8(14)4-5-12-10(9)11/h4-6H,1-3H3,(H2,11,12). The van der Waals surface area contributed by atoms with Gasteiger partial charge < -0.3 is 10.3 Å². The van der Waals surface area contributed by atoms with E-state index >= 15 is 0 Å². The zero-order valence-corrected chi connectivity index (χ0v) is 8.65. The molecule has 0 unspecified atom stereocenters. The van der Waals surface area contributed by atoms with Crippen molar-refractivity contribution < 1.29 is 0 Å². The maximum Gasteiger partial charge on any atom is 0.151 e. The molecule has 0 saturated heterocycles. The Morgan fingerprint density at radius 2 is 2.14 bits per heavy atom. The molecular formula is C10H14N4. The lowest BCUT2D eigenvalue weighted by Crippen LogP contribution is -2.02. The van der Waals surface area contributed by atoms with E-state index in [4.69, 9.17) is 5.73 Å². The van der Waals surface area contributed by atoms with E-state index in [1.165, 1.54) is 0 Å². The summed E-state index contributed by atoms with van der Waals surface area (Å²) in [6.07, 6.45) is 1.72. The molecule has 2 heterocycles. The molecule has 0 amide bonds. The maximum absolute atomic E-state index is 5.75. The number of pyridine rings is 1. The van der Waals surface area contributed by atoms with E-state index in [0.29, 0.717) is 11.9 Å². The Bertz CT molecular complexity index is 470. The van der Waals surface area contributed by atoms with Gasteiger partial charge in [0, 0.05) is 12.2 Å². The van der Waals surface area contributed by atoms with Crippen LogP contribution in [0, 0.1) is 6.92 Å². The molecule has 14 heavy (non-hydrogen) atoms. The number of aryl methyl sites for hydroxylation is 1. The molecule has 0 aromatic carbocycles. The van der Waals surface area contributed by atoms with Gasteiger partial charge in [0.25, 0.3) is 0 Å². The van der Waals surface area contributed by atoms with E-state index in [0.717, 1.165) is 16.9 Å². The summed E-state index contributed by atoms with van der Waals surface area (Å²) in [5.74, 6) is 1.49. The predicted octanol–water partition coefficient (Wildman–Crippen LogP) is 1.90. The van der Waals surface area contributed by atoms with E-state index < -0.39 is 0 Å². The Balaban J connectivity index is 2.83. The third kappa shape index (κ3) is 1.14. The lowest BCUT2D eigenvalue weighted by Gasteiger charge is -2.10. The van der Waals surface area contributed by atoms with Gasteiger partial charge in [-0.3, -0.25) is 0 Å². The van der Waals surface area contributed by atoms with Crippen molar-refractivity contribution in [3.8, 4) is 0 Å². The number of hydrogen-bond donors (Lipinski definition) is 1. The fourth-order valence-electron chi connectivity index (χ4n) is 1.81. The minimum absolute atomic E-state index is 0.391. The second kappa shape index (κ2) is 2.97. The molecule has 0 spiro atoms. The molecule has 0 fully saturated rings. The summed E-state index contributed by atoms with van der Waals surface area (Å²) in [5.41, 5.74) is 7.62. The first-order chi connectivity index (χ1) is 6.61. The van der Waals surface area contributed by atoms with Gasteiger partial charge in [0.2, 0.25) is 0 Å². The Morgan fingerprint density at radius 1 is 1.43 bits per heavy atom. The molecule has 0 aliphatic rings. The lowest BCUT2D eigenvalue weighted by atomic mass is 10.3. The average molecular weight is 190 g/mol. The van der Waals surface area contributed by atoms with Gasteiger partial charge in [-0.15, -0.1) is 0 Å². The van der Waals surface area contributed by atoms with Gasteiger partial charge in [-0.25, -0.2) is 9.97 Å². The summed E-state index contributed by atoms with van der Waals surface area (Å²) in [5, 5.41) is 0. The van der Waals surface area contributed by atoms with E-state index in [1.54, 1.807) is 6.20 Å². The lowest BCUT2D eigenvalue weighted by molar-refractivity contribution is 0.600. The zero-order valence-electron chi connectivity index (χ0n) is 8.65. The molecule has 0 atom stereocenters. The smallest absolute Gasteiger partial charge is 0.151 e. The minimum atomic E-state index is 0.391. The summed E-state index contributed by atoms with van der Waals surface area (Å²) < 4.78 is 2.16. The van der Waals surface area contributed by atoms with Gasteiger partial charge in [-0.1, -0.05) is 0 Å². The van der Waals surface area contributed by atoms with E-state index in [2.05, 4.69) is 28.4 Å². The summed E-state index contributed by atoms with van der Waals surface area (Å²) >= 11 is 0. The van der Waals surface area contributed by atoms with Crippen LogP contribution in [0.4, 0.5) is 5.82 Å². The van der Waals surface area contributed by atoms with Gasteiger partial charge >= 0.3 is 0 Å². The molecular weight excluding hydrogens is 176 g/mol. The molecule has 4 nitrogen and oxygen atoms in total. The number of hydrogen-bond acceptors (Lipinski definition) is 3. The summed E-state index contributed by atoms with van der Waals surface area (Å²) in [6, 6.07) is 2.34. The van der Waals surface area contributed by atoms with Crippen molar-refractivity contribution in [2.75, 3.05) is 5.73 Å². The van der Waals surface area contributed by atoms with Crippen LogP contribution in [0.3, 0.4) is 0 Å². The van der Waals surface area contributed by atoms with Crippen LogP contribution in [-0.2, 0) is 0 Å². The number of imidazole rings is 1. The number of nitrogens with two attached hydrogens (primary N) is 1. The monoisotopic (exact) mass is 190 g/mol. The number of fused-ring (bicyclic) bond motifs is 1. The second-order valence-electron chi connectivity index (χ2n) is 3.69. The van der Waals surface area contributed by atoms with Crippen molar-refractivity contribution in [2.24, 2.45) is 0 Å². The highest BCUT2D eigenvalue weighted by molar-refractivity contribution is 5.85. The van der Waals surface area contributed by atoms with Crippen LogP contribution < -0.4 is 5.73 Å². The number of aromatic nitrogens is 3. The third-order valence-corrected chi connectivity index (χ3v) is 2.33. The molecule has 4 heteroatoms. The van der Waals surface area contributed by atoms with Crippen molar-refractivity contribution in [3.63, 3.8) is 0 Å². The Kier molecular flexibility index (Phi) is 1.91.